The van der Waals surface area contributed by atoms with Gasteiger partial charge in [-0.3, -0.25) is 5.41 Å². The topological polar surface area (TPSA) is 145 Å². The first-order chi connectivity index (χ1) is 16.4. The van der Waals surface area contributed by atoms with Gasteiger partial charge >= 0.3 is 0 Å². The van der Waals surface area contributed by atoms with Crippen molar-refractivity contribution >= 4 is 17.2 Å². The van der Waals surface area contributed by atoms with Crippen LogP contribution < -0.4 is 15.4 Å². The van der Waals surface area contributed by atoms with Crippen molar-refractivity contribution in [3.63, 3.8) is 0 Å². The van der Waals surface area contributed by atoms with E-state index in [4.69, 9.17) is 15.9 Å². The van der Waals surface area contributed by atoms with Crippen LogP contribution in [0.25, 0.3) is 0 Å². The molecular formula is C25H27N7O2. The molecule has 3 heterocycles. The normalized spacial score (nSPS) is 15.2. The minimum atomic E-state index is -0.0442. The average molecular weight is 458 g/mol. The van der Waals surface area contributed by atoms with Crippen molar-refractivity contribution in [3.8, 4) is 11.8 Å². The molecule has 1 aromatic carbocycles. The summed E-state index contributed by atoms with van der Waals surface area (Å²) in [7, 11) is 0. The summed E-state index contributed by atoms with van der Waals surface area (Å²) in [4.78, 5) is 6.46. The molecule has 0 spiro atoms. The van der Waals surface area contributed by atoms with E-state index < -0.39 is 0 Å². The fourth-order valence-corrected chi connectivity index (χ4v) is 4.21. The van der Waals surface area contributed by atoms with Crippen LogP contribution in [-0.4, -0.2) is 45.2 Å². The van der Waals surface area contributed by atoms with E-state index in [2.05, 4.69) is 21.3 Å². The summed E-state index contributed by atoms with van der Waals surface area (Å²) < 4.78 is 5.97. The van der Waals surface area contributed by atoms with Crippen molar-refractivity contribution in [3.05, 3.63) is 70.2 Å². The number of aryl methyl sites for hydroxylation is 2. The highest BCUT2D eigenvalue weighted by Crippen LogP contribution is 2.29. The molecule has 3 aromatic rings. The number of aliphatic hydroxyl groups is 1. The number of benzene rings is 1. The first-order valence-corrected chi connectivity index (χ1v) is 11.1. The second kappa shape index (κ2) is 9.85. The van der Waals surface area contributed by atoms with E-state index in [0.29, 0.717) is 40.6 Å². The number of hydrogen-bond acceptors (Lipinski definition) is 9. The zero-order valence-corrected chi connectivity index (χ0v) is 19.2. The predicted octanol–water partition coefficient (Wildman–Crippen LogP) is 2.90. The number of nitrogens with one attached hydrogen (secondary N) is 1. The number of nitrogen functional groups attached to an aromatic ring is 1. The Hall–Kier alpha value is -4.03. The Kier molecular flexibility index (Phi) is 6.70. The Bertz CT molecular complexity index is 1250. The van der Waals surface area contributed by atoms with E-state index in [1.165, 1.54) is 0 Å². The van der Waals surface area contributed by atoms with Gasteiger partial charge in [0, 0.05) is 35.1 Å². The maximum absolute atomic E-state index is 9.73. The monoisotopic (exact) mass is 457 g/mol. The van der Waals surface area contributed by atoms with E-state index in [1.54, 1.807) is 36.7 Å². The lowest BCUT2D eigenvalue weighted by Crippen LogP contribution is -2.33. The summed E-state index contributed by atoms with van der Waals surface area (Å²) in [6.45, 7) is 4.92. The van der Waals surface area contributed by atoms with Crippen LogP contribution in [0.1, 0.15) is 46.4 Å². The van der Waals surface area contributed by atoms with E-state index in [9.17, 15) is 10.4 Å². The van der Waals surface area contributed by atoms with Crippen LogP contribution in [0.2, 0.25) is 0 Å². The number of pyridine rings is 1. The van der Waals surface area contributed by atoms with Gasteiger partial charge in [0.05, 0.1) is 35.8 Å². The predicted molar refractivity (Wildman–Crippen MR) is 129 cm³/mol. The van der Waals surface area contributed by atoms with Crippen molar-refractivity contribution in [2.75, 3.05) is 23.8 Å². The number of rotatable bonds is 7. The van der Waals surface area contributed by atoms with Crippen LogP contribution >= 0.6 is 0 Å². The minimum absolute atomic E-state index is 0.0159. The van der Waals surface area contributed by atoms with Crippen molar-refractivity contribution < 1.29 is 9.84 Å². The highest BCUT2D eigenvalue weighted by molar-refractivity contribution is 6.14. The zero-order valence-electron chi connectivity index (χ0n) is 19.2. The zero-order chi connectivity index (χ0) is 24.2. The van der Waals surface area contributed by atoms with Crippen molar-refractivity contribution in [1.82, 2.24) is 15.2 Å². The third-order valence-corrected chi connectivity index (χ3v) is 6.18. The molecule has 4 rings (SSSR count). The van der Waals surface area contributed by atoms with Gasteiger partial charge in [0.25, 0.3) is 0 Å². The molecule has 1 fully saturated rings. The van der Waals surface area contributed by atoms with E-state index in [1.807, 2.05) is 18.7 Å². The number of nitrogens with two attached hydrogens (primary N) is 1. The molecule has 1 atom stereocenters. The lowest BCUT2D eigenvalue weighted by atomic mass is 10.0. The van der Waals surface area contributed by atoms with Gasteiger partial charge in [0.1, 0.15) is 24.2 Å². The SMILES string of the molecule is Cc1cnnc(C)c1COc1ccc(N)c(C(=N)c2cnc(N3CCCC3CO)c(C#N)c2)c1. The van der Waals surface area contributed by atoms with Crippen LogP contribution in [0, 0.1) is 30.6 Å². The Morgan fingerprint density at radius 2 is 2.15 bits per heavy atom. The lowest BCUT2D eigenvalue weighted by molar-refractivity contribution is 0.266. The smallest absolute Gasteiger partial charge is 0.146 e. The number of anilines is 2. The van der Waals surface area contributed by atoms with Crippen molar-refractivity contribution in [2.24, 2.45) is 0 Å². The van der Waals surface area contributed by atoms with E-state index in [-0.39, 0.29) is 18.4 Å². The maximum atomic E-state index is 9.73. The van der Waals surface area contributed by atoms with Crippen molar-refractivity contribution in [1.29, 1.82) is 10.7 Å². The van der Waals surface area contributed by atoms with E-state index in [0.717, 1.165) is 36.2 Å². The fraction of sp³-hybridized carbons (Fsp3) is 0.320. The number of aliphatic hydroxyl groups excluding tert-OH is 1. The van der Waals surface area contributed by atoms with Crippen LogP contribution in [0.4, 0.5) is 11.5 Å². The first-order valence-electron chi connectivity index (χ1n) is 11.1. The van der Waals surface area contributed by atoms with Crippen molar-refractivity contribution in [2.45, 2.75) is 39.3 Å². The van der Waals surface area contributed by atoms with Gasteiger partial charge in [-0.15, -0.1) is 0 Å². The number of ether oxygens (including phenoxy) is 1. The van der Waals surface area contributed by atoms with Gasteiger partial charge < -0.3 is 20.5 Å². The minimum Gasteiger partial charge on any atom is -0.489 e. The molecule has 1 aliphatic rings. The van der Waals surface area contributed by atoms with E-state index >= 15 is 0 Å². The molecular weight excluding hydrogens is 430 g/mol. The van der Waals surface area contributed by atoms with Crippen LogP contribution in [0.15, 0.2) is 36.7 Å². The molecule has 34 heavy (non-hydrogen) atoms. The summed E-state index contributed by atoms with van der Waals surface area (Å²) in [5.41, 5.74) is 10.9. The summed E-state index contributed by atoms with van der Waals surface area (Å²) in [6.07, 6.45) is 5.07. The molecule has 9 heteroatoms. The Labute approximate surface area is 198 Å². The highest BCUT2D eigenvalue weighted by atomic mass is 16.5. The Morgan fingerprint density at radius 3 is 2.88 bits per heavy atom. The highest BCUT2D eigenvalue weighted by Gasteiger charge is 2.27. The number of nitrogens with zero attached hydrogens (tertiary/aromatic N) is 5. The second-order valence-electron chi connectivity index (χ2n) is 8.38. The number of nitriles is 1. The Morgan fingerprint density at radius 1 is 1.32 bits per heavy atom. The van der Waals surface area contributed by atoms with Gasteiger partial charge in [-0.05, 0) is 56.5 Å². The molecule has 174 valence electrons. The number of aromatic nitrogens is 3. The molecule has 4 N–H and O–H groups in total. The molecule has 9 nitrogen and oxygen atoms in total. The summed E-state index contributed by atoms with van der Waals surface area (Å²) >= 11 is 0. The molecule has 0 radical (unpaired) electrons. The molecule has 0 saturated carbocycles. The summed E-state index contributed by atoms with van der Waals surface area (Å²) in [5.74, 6) is 1.11. The van der Waals surface area contributed by atoms with Gasteiger partial charge in [0.15, 0.2) is 0 Å². The molecule has 1 unspecified atom stereocenters. The number of hydrogen-bond donors (Lipinski definition) is 3. The second-order valence-corrected chi connectivity index (χ2v) is 8.38. The standard InChI is InChI=1S/C25H27N7O2/c1-15-11-30-31-16(2)22(15)14-34-20-5-6-23(27)21(9-20)24(28)18-8-17(10-26)25(29-12-18)32-7-3-4-19(32)13-33/h5-6,8-9,11-12,19,28,33H,3-4,7,13-14,27H2,1-2H3. The van der Waals surface area contributed by atoms with Crippen LogP contribution in [0.3, 0.4) is 0 Å². The van der Waals surface area contributed by atoms with Gasteiger partial charge in [-0.2, -0.15) is 15.5 Å². The maximum Gasteiger partial charge on any atom is 0.146 e. The summed E-state index contributed by atoms with van der Waals surface area (Å²) in [6, 6.07) is 8.98. The molecule has 1 saturated heterocycles. The average Bonchev–Trinajstić information content (AvgIpc) is 3.32. The molecule has 0 aliphatic carbocycles. The van der Waals surface area contributed by atoms with Gasteiger partial charge in [-0.1, -0.05) is 0 Å². The van der Waals surface area contributed by atoms with Crippen LogP contribution in [-0.2, 0) is 6.61 Å². The lowest BCUT2D eigenvalue weighted by Gasteiger charge is -2.25. The quantitative estimate of drug-likeness (QED) is 0.363. The van der Waals surface area contributed by atoms with Gasteiger partial charge in [0.2, 0.25) is 0 Å². The largest absolute Gasteiger partial charge is 0.489 e. The van der Waals surface area contributed by atoms with Crippen LogP contribution in [0.5, 0.6) is 5.75 Å². The molecule has 1 aliphatic heterocycles. The third kappa shape index (κ3) is 4.54. The first kappa shape index (κ1) is 23.1. The summed E-state index contributed by atoms with van der Waals surface area (Å²) in [5, 5.41) is 36.1. The van der Waals surface area contributed by atoms with Gasteiger partial charge in [-0.25, -0.2) is 4.98 Å². The molecule has 0 amide bonds. The Balaban J connectivity index is 1.58. The fourth-order valence-electron chi connectivity index (χ4n) is 4.21. The third-order valence-electron chi connectivity index (χ3n) is 6.18. The molecule has 0 bridgehead atoms. The molecule has 2 aromatic heterocycles.